The van der Waals surface area contributed by atoms with Crippen molar-refractivity contribution in [2.45, 2.75) is 26.7 Å². The maximum atomic E-state index is 12.1. The molecule has 0 radical (unpaired) electrons. The van der Waals surface area contributed by atoms with Crippen molar-refractivity contribution in [2.24, 2.45) is 0 Å². The smallest absolute Gasteiger partial charge is 0.224 e. The molecule has 0 unspecified atom stereocenters. The third-order valence-electron chi connectivity index (χ3n) is 3.59. The molecule has 0 saturated heterocycles. The highest BCUT2D eigenvalue weighted by Crippen LogP contribution is 2.23. The number of Topliss-reactive ketones (excluding diaryl/α,β-unsaturated/α-hetero) is 1. The summed E-state index contributed by atoms with van der Waals surface area (Å²) in [5.41, 5.74) is 2.66. The van der Waals surface area contributed by atoms with Crippen molar-refractivity contribution < 1.29 is 14.4 Å². The lowest BCUT2D eigenvalue weighted by Crippen LogP contribution is -2.15. The van der Waals surface area contributed by atoms with Crippen LogP contribution in [0.2, 0.25) is 0 Å². The zero-order chi connectivity index (χ0) is 17.5. The fraction of sp³-hybridized carbons (Fsp3) is 0.211. The van der Waals surface area contributed by atoms with Crippen LogP contribution in [-0.4, -0.2) is 17.6 Å². The minimum Gasteiger partial charge on any atom is -0.326 e. The van der Waals surface area contributed by atoms with Crippen LogP contribution in [0.1, 0.15) is 35.7 Å². The Kier molecular flexibility index (Phi) is 5.84. The van der Waals surface area contributed by atoms with Crippen LogP contribution >= 0.6 is 0 Å². The van der Waals surface area contributed by atoms with Gasteiger partial charge in [-0.05, 0) is 24.6 Å². The quantitative estimate of drug-likeness (QED) is 0.798. The zero-order valence-electron chi connectivity index (χ0n) is 13.8. The minimum atomic E-state index is -0.234. The molecule has 0 heterocycles. The van der Waals surface area contributed by atoms with Crippen LogP contribution in [0.5, 0.6) is 0 Å². The molecule has 2 rings (SSSR count). The molecule has 0 aliphatic rings. The van der Waals surface area contributed by atoms with Crippen LogP contribution in [0.4, 0.5) is 11.4 Å². The van der Waals surface area contributed by atoms with E-state index in [0.29, 0.717) is 16.9 Å². The molecule has 124 valence electrons. The van der Waals surface area contributed by atoms with E-state index in [-0.39, 0.29) is 30.4 Å². The highest BCUT2D eigenvalue weighted by Gasteiger charge is 2.11. The molecule has 0 aliphatic carbocycles. The second-order valence-electron chi connectivity index (χ2n) is 5.50. The van der Waals surface area contributed by atoms with E-state index in [1.54, 1.807) is 42.5 Å². The van der Waals surface area contributed by atoms with Gasteiger partial charge >= 0.3 is 0 Å². The maximum Gasteiger partial charge on any atom is 0.224 e. The third kappa shape index (κ3) is 4.78. The molecule has 0 fully saturated rings. The Hall–Kier alpha value is -2.95. The molecule has 24 heavy (non-hydrogen) atoms. The summed E-state index contributed by atoms with van der Waals surface area (Å²) >= 11 is 0. The fourth-order valence-corrected chi connectivity index (χ4v) is 2.30. The average molecular weight is 324 g/mol. The maximum absolute atomic E-state index is 12.1. The van der Waals surface area contributed by atoms with E-state index >= 15 is 0 Å². The number of amides is 2. The Morgan fingerprint density at radius 3 is 2.08 bits per heavy atom. The van der Waals surface area contributed by atoms with Gasteiger partial charge in [-0.1, -0.05) is 36.4 Å². The number of hydrogen-bond donors (Lipinski definition) is 2. The predicted octanol–water partition coefficient (Wildman–Crippen LogP) is 3.56. The van der Waals surface area contributed by atoms with Crippen LogP contribution in [0.3, 0.4) is 0 Å². The van der Waals surface area contributed by atoms with Gasteiger partial charge in [0.1, 0.15) is 0 Å². The molecule has 0 bridgehead atoms. The normalized spacial score (nSPS) is 10.1. The standard InChI is InChI=1S/C19H20N2O3/c1-13-16(20-14(2)22)9-6-10-17(13)21-19(24)12-11-18(23)15-7-4-3-5-8-15/h3-10H,11-12H2,1-2H3,(H,20,22)(H,21,24). The van der Waals surface area contributed by atoms with E-state index in [2.05, 4.69) is 10.6 Å². The number of benzene rings is 2. The molecule has 2 aromatic carbocycles. The van der Waals surface area contributed by atoms with Crippen LogP contribution in [0.25, 0.3) is 0 Å². The second-order valence-corrected chi connectivity index (χ2v) is 5.50. The summed E-state index contributed by atoms with van der Waals surface area (Å²) in [4.78, 5) is 35.3. The molecular weight excluding hydrogens is 304 g/mol. The van der Waals surface area contributed by atoms with Gasteiger partial charge in [-0.15, -0.1) is 0 Å². The van der Waals surface area contributed by atoms with E-state index in [1.807, 2.05) is 13.0 Å². The Morgan fingerprint density at radius 1 is 0.833 bits per heavy atom. The first-order chi connectivity index (χ1) is 11.5. The topological polar surface area (TPSA) is 75.3 Å². The predicted molar refractivity (Wildman–Crippen MR) is 94.1 cm³/mol. The van der Waals surface area contributed by atoms with Gasteiger partial charge in [0.05, 0.1) is 0 Å². The molecule has 2 N–H and O–H groups in total. The number of nitrogens with one attached hydrogen (secondary N) is 2. The van der Waals surface area contributed by atoms with Gasteiger partial charge in [0.25, 0.3) is 0 Å². The summed E-state index contributed by atoms with van der Waals surface area (Å²) in [6.07, 6.45) is 0.262. The van der Waals surface area contributed by atoms with Crippen molar-refractivity contribution in [2.75, 3.05) is 10.6 Å². The minimum absolute atomic E-state index is 0.0607. The van der Waals surface area contributed by atoms with Crippen molar-refractivity contribution >= 4 is 29.0 Å². The number of ketones is 1. The summed E-state index contributed by atoms with van der Waals surface area (Å²) in [5, 5.41) is 5.50. The summed E-state index contributed by atoms with van der Waals surface area (Å²) < 4.78 is 0. The van der Waals surface area contributed by atoms with E-state index in [1.165, 1.54) is 6.92 Å². The number of carbonyl (C=O) groups excluding carboxylic acids is 3. The lowest BCUT2D eigenvalue weighted by atomic mass is 10.1. The molecule has 2 amide bonds. The van der Waals surface area contributed by atoms with Crippen LogP contribution in [0, 0.1) is 6.92 Å². The molecule has 2 aromatic rings. The van der Waals surface area contributed by atoms with E-state index in [4.69, 9.17) is 0 Å². The van der Waals surface area contributed by atoms with Crippen LogP contribution in [0.15, 0.2) is 48.5 Å². The Bertz CT molecular complexity index is 754. The second kappa shape index (κ2) is 8.06. The monoisotopic (exact) mass is 324 g/mol. The van der Waals surface area contributed by atoms with Gasteiger partial charge in [-0.3, -0.25) is 14.4 Å². The van der Waals surface area contributed by atoms with Gasteiger partial charge in [0.15, 0.2) is 5.78 Å². The van der Waals surface area contributed by atoms with Crippen molar-refractivity contribution in [1.82, 2.24) is 0 Å². The number of hydrogen-bond acceptors (Lipinski definition) is 3. The van der Waals surface area contributed by atoms with Gasteiger partial charge in [0.2, 0.25) is 11.8 Å². The summed E-state index contributed by atoms with van der Waals surface area (Å²) in [7, 11) is 0. The molecule has 0 spiro atoms. The highest BCUT2D eigenvalue weighted by molar-refractivity contribution is 6.00. The number of carbonyl (C=O) groups is 3. The SMILES string of the molecule is CC(=O)Nc1cccc(NC(=O)CCC(=O)c2ccccc2)c1C. The average Bonchev–Trinajstić information content (AvgIpc) is 2.56. The van der Waals surface area contributed by atoms with Gasteiger partial charge < -0.3 is 10.6 Å². The van der Waals surface area contributed by atoms with Crippen molar-refractivity contribution in [3.63, 3.8) is 0 Å². The van der Waals surface area contributed by atoms with Crippen LogP contribution < -0.4 is 10.6 Å². The van der Waals surface area contributed by atoms with Crippen molar-refractivity contribution in [3.8, 4) is 0 Å². The van der Waals surface area contributed by atoms with Crippen molar-refractivity contribution in [3.05, 3.63) is 59.7 Å². The van der Waals surface area contributed by atoms with Crippen LogP contribution in [-0.2, 0) is 9.59 Å². The van der Waals surface area contributed by atoms with E-state index in [9.17, 15) is 14.4 Å². The first-order valence-electron chi connectivity index (χ1n) is 7.72. The molecule has 0 aliphatic heterocycles. The highest BCUT2D eigenvalue weighted by atomic mass is 16.2. The van der Waals surface area contributed by atoms with Gasteiger partial charge in [-0.2, -0.15) is 0 Å². The third-order valence-corrected chi connectivity index (χ3v) is 3.59. The molecule has 0 aromatic heterocycles. The number of rotatable bonds is 6. The Morgan fingerprint density at radius 2 is 1.46 bits per heavy atom. The van der Waals surface area contributed by atoms with Gasteiger partial charge in [0, 0.05) is 36.7 Å². The molecule has 0 saturated carbocycles. The zero-order valence-corrected chi connectivity index (χ0v) is 13.8. The number of anilines is 2. The molecule has 5 heteroatoms. The van der Waals surface area contributed by atoms with E-state index in [0.717, 1.165) is 5.56 Å². The fourth-order valence-electron chi connectivity index (χ4n) is 2.30. The molecule has 0 atom stereocenters. The van der Waals surface area contributed by atoms with Gasteiger partial charge in [-0.25, -0.2) is 0 Å². The molecular formula is C19H20N2O3. The summed E-state index contributed by atoms with van der Waals surface area (Å²) in [5.74, 6) is -0.466. The molecule has 5 nitrogen and oxygen atoms in total. The largest absolute Gasteiger partial charge is 0.326 e. The van der Waals surface area contributed by atoms with Crippen molar-refractivity contribution in [1.29, 1.82) is 0 Å². The lowest BCUT2D eigenvalue weighted by molar-refractivity contribution is -0.116. The summed E-state index contributed by atoms with van der Waals surface area (Å²) in [6.45, 7) is 3.25. The summed E-state index contributed by atoms with van der Waals surface area (Å²) in [6, 6.07) is 14.2. The Labute approximate surface area is 141 Å². The van der Waals surface area contributed by atoms with E-state index < -0.39 is 0 Å². The first kappa shape index (κ1) is 17.4. The lowest BCUT2D eigenvalue weighted by Gasteiger charge is -2.12. The Balaban J connectivity index is 1.95. The first-order valence-corrected chi connectivity index (χ1v) is 7.72.